The third-order valence-electron chi connectivity index (χ3n) is 4.02. The summed E-state index contributed by atoms with van der Waals surface area (Å²) >= 11 is 0. The van der Waals surface area contributed by atoms with E-state index in [1.807, 2.05) is 13.8 Å². The Labute approximate surface area is 115 Å². The zero-order valence-electron chi connectivity index (χ0n) is 12.0. The van der Waals surface area contributed by atoms with Gasteiger partial charge in [0.15, 0.2) is 5.79 Å². The molecular formula is C16H23NO2. The first-order valence-electron chi connectivity index (χ1n) is 7.15. The van der Waals surface area contributed by atoms with Crippen LogP contribution in [0.2, 0.25) is 0 Å². The quantitative estimate of drug-likeness (QED) is 0.817. The van der Waals surface area contributed by atoms with Crippen LogP contribution in [0.1, 0.15) is 26.3 Å². The molecule has 0 bridgehead atoms. The van der Waals surface area contributed by atoms with Gasteiger partial charge in [0.25, 0.3) is 0 Å². The van der Waals surface area contributed by atoms with E-state index in [1.54, 1.807) is 0 Å². The Hall–Kier alpha value is -0.900. The zero-order chi connectivity index (χ0) is 13.5. The molecule has 19 heavy (non-hydrogen) atoms. The Kier molecular flexibility index (Phi) is 3.37. The molecule has 3 heteroatoms. The van der Waals surface area contributed by atoms with Crippen LogP contribution in [0.3, 0.4) is 0 Å². The average Bonchev–Trinajstić information content (AvgIpc) is 2.65. The van der Waals surface area contributed by atoms with E-state index in [4.69, 9.17) is 9.47 Å². The predicted octanol–water partition coefficient (Wildman–Crippen LogP) is 2.66. The van der Waals surface area contributed by atoms with Crippen molar-refractivity contribution in [3.63, 3.8) is 0 Å². The van der Waals surface area contributed by atoms with Crippen LogP contribution >= 0.6 is 0 Å². The molecule has 3 rings (SSSR count). The van der Waals surface area contributed by atoms with Crippen molar-refractivity contribution in [3.05, 3.63) is 35.9 Å². The van der Waals surface area contributed by atoms with Crippen molar-refractivity contribution >= 4 is 0 Å². The Morgan fingerprint density at radius 1 is 1.16 bits per heavy atom. The molecule has 0 unspecified atom stereocenters. The highest BCUT2D eigenvalue weighted by atomic mass is 16.8. The Morgan fingerprint density at radius 2 is 1.89 bits per heavy atom. The van der Waals surface area contributed by atoms with Gasteiger partial charge in [-0.3, -0.25) is 4.90 Å². The van der Waals surface area contributed by atoms with Crippen molar-refractivity contribution < 1.29 is 9.47 Å². The van der Waals surface area contributed by atoms with Gasteiger partial charge in [0.1, 0.15) is 6.10 Å². The van der Waals surface area contributed by atoms with E-state index in [2.05, 4.69) is 42.2 Å². The molecule has 0 aromatic heterocycles. The smallest absolute Gasteiger partial charge is 0.163 e. The van der Waals surface area contributed by atoms with Crippen molar-refractivity contribution in [3.8, 4) is 0 Å². The van der Waals surface area contributed by atoms with Gasteiger partial charge in [0, 0.05) is 19.6 Å². The van der Waals surface area contributed by atoms with Crippen molar-refractivity contribution in [2.45, 2.75) is 45.3 Å². The molecule has 2 aliphatic heterocycles. The molecule has 0 saturated carbocycles. The molecule has 0 aliphatic carbocycles. The molecule has 3 nitrogen and oxygen atoms in total. The second-order valence-corrected chi connectivity index (χ2v) is 6.30. The third-order valence-corrected chi connectivity index (χ3v) is 4.02. The molecule has 2 heterocycles. The number of benzene rings is 1. The Balaban J connectivity index is 1.67. The van der Waals surface area contributed by atoms with Crippen LogP contribution < -0.4 is 0 Å². The molecule has 104 valence electrons. The third kappa shape index (κ3) is 2.83. The number of piperidine rings is 1. The SMILES string of the molecule is C[C@@H]1CN(Cc2ccccc2)C[C@H]2OC(C)(C)O[C@@H]12. The summed E-state index contributed by atoms with van der Waals surface area (Å²) < 4.78 is 12.0. The molecular weight excluding hydrogens is 238 g/mol. The van der Waals surface area contributed by atoms with E-state index in [9.17, 15) is 0 Å². The largest absolute Gasteiger partial charge is 0.344 e. The fourth-order valence-corrected chi connectivity index (χ4v) is 3.30. The van der Waals surface area contributed by atoms with Crippen LogP contribution in [0.5, 0.6) is 0 Å². The van der Waals surface area contributed by atoms with Crippen molar-refractivity contribution in [1.82, 2.24) is 4.90 Å². The highest BCUT2D eigenvalue weighted by molar-refractivity contribution is 5.14. The van der Waals surface area contributed by atoms with Gasteiger partial charge in [-0.2, -0.15) is 0 Å². The van der Waals surface area contributed by atoms with Crippen molar-refractivity contribution in [2.75, 3.05) is 13.1 Å². The highest BCUT2D eigenvalue weighted by Gasteiger charge is 2.47. The fraction of sp³-hybridized carbons (Fsp3) is 0.625. The van der Waals surface area contributed by atoms with Gasteiger partial charge >= 0.3 is 0 Å². The highest BCUT2D eigenvalue weighted by Crippen LogP contribution is 2.35. The van der Waals surface area contributed by atoms with E-state index in [1.165, 1.54) is 5.56 Å². The minimum absolute atomic E-state index is 0.211. The average molecular weight is 261 g/mol. The maximum absolute atomic E-state index is 6.03. The molecule has 0 amide bonds. The van der Waals surface area contributed by atoms with Crippen LogP contribution in [-0.4, -0.2) is 36.0 Å². The molecule has 2 saturated heterocycles. The lowest BCUT2D eigenvalue weighted by atomic mass is 9.94. The summed E-state index contributed by atoms with van der Waals surface area (Å²) in [7, 11) is 0. The number of likely N-dealkylation sites (tertiary alicyclic amines) is 1. The van der Waals surface area contributed by atoms with Crippen LogP contribution in [0.15, 0.2) is 30.3 Å². The lowest BCUT2D eigenvalue weighted by Gasteiger charge is -2.37. The second-order valence-electron chi connectivity index (χ2n) is 6.30. The summed E-state index contributed by atoms with van der Waals surface area (Å²) in [5.74, 6) is 0.0936. The summed E-state index contributed by atoms with van der Waals surface area (Å²) in [6.07, 6.45) is 0.462. The number of hydrogen-bond acceptors (Lipinski definition) is 3. The van der Waals surface area contributed by atoms with Gasteiger partial charge in [0.05, 0.1) is 6.10 Å². The molecule has 1 aromatic rings. The summed E-state index contributed by atoms with van der Waals surface area (Å²) in [4.78, 5) is 2.48. The maximum atomic E-state index is 6.03. The van der Waals surface area contributed by atoms with E-state index >= 15 is 0 Å². The molecule has 0 spiro atoms. The molecule has 0 radical (unpaired) electrons. The topological polar surface area (TPSA) is 21.7 Å². The van der Waals surface area contributed by atoms with Gasteiger partial charge in [0.2, 0.25) is 0 Å². The van der Waals surface area contributed by atoms with Crippen molar-refractivity contribution in [2.24, 2.45) is 5.92 Å². The van der Waals surface area contributed by atoms with Gasteiger partial charge in [-0.1, -0.05) is 37.3 Å². The molecule has 0 N–H and O–H groups in total. The van der Waals surface area contributed by atoms with E-state index in [-0.39, 0.29) is 12.2 Å². The van der Waals surface area contributed by atoms with E-state index in [0.29, 0.717) is 5.92 Å². The summed E-state index contributed by atoms with van der Waals surface area (Å²) in [5, 5.41) is 0. The van der Waals surface area contributed by atoms with Gasteiger partial charge < -0.3 is 9.47 Å². The zero-order valence-corrected chi connectivity index (χ0v) is 12.0. The number of ether oxygens (including phenoxy) is 2. The Bertz CT molecular complexity index is 432. The monoisotopic (exact) mass is 261 g/mol. The fourth-order valence-electron chi connectivity index (χ4n) is 3.30. The first-order chi connectivity index (χ1) is 9.03. The summed E-state index contributed by atoms with van der Waals surface area (Å²) in [6.45, 7) is 9.33. The van der Waals surface area contributed by atoms with Crippen LogP contribution in [0.4, 0.5) is 0 Å². The standard InChI is InChI=1S/C16H23NO2/c1-12-9-17(10-13-7-5-4-6-8-13)11-14-15(12)19-16(2,3)18-14/h4-8,12,14-15H,9-11H2,1-3H3/t12-,14-,15+/m1/s1. The summed E-state index contributed by atoms with van der Waals surface area (Å²) in [5.41, 5.74) is 1.37. The lowest BCUT2D eigenvalue weighted by molar-refractivity contribution is -0.147. The van der Waals surface area contributed by atoms with E-state index < -0.39 is 5.79 Å². The van der Waals surface area contributed by atoms with Gasteiger partial charge in [-0.25, -0.2) is 0 Å². The predicted molar refractivity (Wildman–Crippen MR) is 74.7 cm³/mol. The number of fused-ring (bicyclic) bond motifs is 1. The minimum Gasteiger partial charge on any atom is -0.344 e. The second kappa shape index (κ2) is 4.89. The summed E-state index contributed by atoms with van der Waals surface area (Å²) in [6, 6.07) is 10.6. The van der Waals surface area contributed by atoms with Gasteiger partial charge in [-0.05, 0) is 25.3 Å². The maximum Gasteiger partial charge on any atom is 0.163 e. The van der Waals surface area contributed by atoms with E-state index in [0.717, 1.165) is 19.6 Å². The van der Waals surface area contributed by atoms with Crippen LogP contribution in [0.25, 0.3) is 0 Å². The molecule has 2 aliphatic rings. The normalized spacial score (nSPS) is 34.2. The number of hydrogen-bond donors (Lipinski definition) is 0. The van der Waals surface area contributed by atoms with Gasteiger partial charge in [-0.15, -0.1) is 0 Å². The Morgan fingerprint density at radius 3 is 2.63 bits per heavy atom. The minimum atomic E-state index is -0.424. The van der Waals surface area contributed by atoms with Crippen LogP contribution in [0, 0.1) is 5.92 Å². The van der Waals surface area contributed by atoms with Crippen LogP contribution in [-0.2, 0) is 16.0 Å². The molecule has 2 fully saturated rings. The first kappa shape index (κ1) is 13.1. The van der Waals surface area contributed by atoms with Crippen molar-refractivity contribution in [1.29, 1.82) is 0 Å². The first-order valence-corrected chi connectivity index (χ1v) is 7.15. The number of nitrogens with zero attached hydrogens (tertiary/aromatic N) is 1. The number of rotatable bonds is 2. The lowest BCUT2D eigenvalue weighted by Crippen LogP contribution is -2.49. The molecule has 1 aromatic carbocycles. The molecule has 3 atom stereocenters.